The summed E-state index contributed by atoms with van der Waals surface area (Å²) in [5.41, 5.74) is 1.68. The quantitative estimate of drug-likeness (QED) is 0.927. The molecule has 0 aliphatic carbocycles. The predicted molar refractivity (Wildman–Crippen MR) is 79.3 cm³/mol. The van der Waals surface area contributed by atoms with Gasteiger partial charge in [0.1, 0.15) is 11.3 Å². The molecule has 1 aromatic heterocycles. The first kappa shape index (κ1) is 13.2. The Kier molecular flexibility index (Phi) is 3.53. The van der Waals surface area contributed by atoms with Crippen LogP contribution in [0.25, 0.3) is 11.0 Å². The number of para-hydroxylation sites is 1. The number of hydrogen-bond donors (Lipinski definition) is 1. The molecule has 0 radical (unpaired) electrons. The second kappa shape index (κ2) is 5.32. The molecule has 1 aliphatic heterocycles. The number of benzene rings is 1. The number of hydrogen-bond acceptors (Lipinski definition) is 3. The highest BCUT2D eigenvalue weighted by molar-refractivity contribution is 5.81. The second-order valence-electron chi connectivity index (χ2n) is 5.67. The molecule has 1 fully saturated rings. The number of methoxy groups -OCH3 is 1. The first-order valence-corrected chi connectivity index (χ1v) is 7.13. The molecule has 5 heteroatoms. The molecule has 0 saturated carbocycles. The van der Waals surface area contributed by atoms with Crippen molar-refractivity contribution in [1.29, 1.82) is 0 Å². The molecule has 1 aromatic carbocycles. The summed E-state index contributed by atoms with van der Waals surface area (Å²) in [4.78, 5) is 17.5. The van der Waals surface area contributed by atoms with Gasteiger partial charge in [-0.1, -0.05) is 6.07 Å². The third-order valence-electron chi connectivity index (χ3n) is 4.15. The van der Waals surface area contributed by atoms with Gasteiger partial charge in [0.25, 0.3) is 0 Å². The van der Waals surface area contributed by atoms with Gasteiger partial charge < -0.3 is 14.6 Å². The highest BCUT2D eigenvalue weighted by atomic mass is 16.5. The van der Waals surface area contributed by atoms with Crippen LogP contribution in [0.1, 0.15) is 12.8 Å². The molecule has 20 heavy (non-hydrogen) atoms. The molecular weight excluding hydrogens is 254 g/mol. The Morgan fingerprint density at radius 2 is 2.30 bits per heavy atom. The van der Waals surface area contributed by atoms with Gasteiger partial charge in [0.15, 0.2) is 0 Å². The maximum absolute atomic E-state index is 12.2. The van der Waals surface area contributed by atoms with E-state index in [2.05, 4.69) is 16.9 Å². The zero-order valence-corrected chi connectivity index (χ0v) is 12.1. The van der Waals surface area contributed by atoms with Crippen molar-refractivity contribution in [3.05, 3.63) is 28.7 Å². The van der Waals surface area contributed by atoms with Crippen LogP contribution in [-0.4, -0.2) is 41.7 Å². The van der Waals surface area contributed by atoms with Crippen LogP contribution in [0, 0.1) is 5.92 Å². The van der Waals surface area contributed by atoms with Crippen molar-refractivity contribution >= 4 is 11.0 Å². The lowest BCUT2D eigenvalue weighted by Crippen LogP contribution is -2.35. The van der Waals surface area contributed by atoms with Crippen molar-refractivity contribution in [1.82, 2.24) is 14.5 Å². The van der Waals surface area contributed by atoms with E-state index >= 15 is 0 Å². The molecule has 1 unspecified atom stereocenters. The molecule has 5 nitrogen and oxygen atoms in total. The second-order valence-corrected chi connectivity index (χ2v) is 5.67. The van der Waals surface area contributed by atoms with Gasteiger partial charge in [-0.2, -0.15) is 0 Å². The lowest BCUT2D eigenvalue weighted by atomic mass is 9.98. The third-order valence-corrected chi connectivity index (χ3v) is 4.15. The van der Waals surface area contributed by atoms with E-state index in [9.17, 15) is 4.79 Å². The Bertz CT molecular complexity index is 659. The number of rotatable bonds is 3. The first-order chi connectivity index (χ1) is 9.69. The van der Waals surface area contributed by atoms with Crippen LogP contribution < -0.4 is 10.4 Å². The van der Waals surface area contributed by atoms with Gasteiger partial charge >= 0.3 is 5.69 Å². The van der Waals surface area contributed by atoms with Crippen molar-refractivity contribution < 1.29 is 4.74 Å². The zero-order chi connectivity index (χ0) is 14.1. The van der Waals surface area contributed by atoms with Crippen molar-refractivity contribution in [3.8, 4) is 5.75 Å². The lowest BCUT2D eigenvalue weighted by Gasteiger charge is -2.29. The van der Waals surface area contributed by atoms with E-state index in [-0.39, 0.29) is 5.69 Å². The summed E-state index contributed by atoms with van der Waals surface area (Å²) in [6.45, 7) is 2.99. The summed E-state index contributed by atoms with van der Waals surface area (Å²) in [5, 5.41) is 0. The first-order valence-electron chi connectivity index (χ1n) is 7.13. The van der Waals surface area contributed by atoms with Crippen LogP contribution in [0.3, 0.4) is 0 Å². The van der Waals surface area contributed by atoms with Gasteiger partial charge in [-0.15, -0.1) is 0 Å². The van der Waals surface area contributed by atoms with Gasteiger partial charge in [-0.3, -0.25) is 4.57 Å². The predicted octanol–water partition coefficient (Wildman–Crippen LogP) is 1.68. The van der Waals surface area contributed by atoms with Crippen LogP contribution >= 0.6 is 0 Å². The van der Waals surface area contributed by atoms with Crippen LogP contribution in [-0.2, 0) is 6.54 Å². The van der Waals surface area contributed by atoms with Crippen molar-refractivity contribution in [2.75, 3.05) is 27.2 Å². The largest absolute Gasteiger partial charge is 0.494 e. The number of ether oxygens (including phenoxy) is 1. The number of imidazole rings is 1. The molecule has 3 rings (SSSR count). The number of H-pyrrole nitrogens is 1. The number of nitrogens with one attached hydrogen (secondary N) is 1. The normalized spacial score (nSPS) is 20.4. The fraction of sp³-hybridized carbons (Fsp3) is 0.533. The molecule has 108 valence electrons. The van der Waals surface area contributed by atoms with Crippen molar-refractivity contribution in [2.24, 2.45) is 5.92 Å². The number of fused-ring (bicyclic) bond motifs is 1. The van der Waals surface area contributed by atoms with Gasteiger partial charge in [-0.05, 0) is 44.5 Å². The minimum absolute atomic E-state index is 0.0438. The number of likely N-dealkylation sites (tertiary alicyclic amines) is 1. The summed E-state index contributed by atoms with van der Waals surface area (Å²) < 4.78 is 7.16. The molecule has 0 bridgehead atoms. The Balaban J connectivity index is 1.95. The van der Waals surface area contributed by atoms with E-state index in [0.29, 0.717) is 5.92 Å². The van der Waals surface area contributed by atoms with Crippen LogP contribution in [0.15, 0.2) is 23.0 Å². The highest BCUT2D eigenvalue weighted by Crippen LogP contribution is 2.24. The fourth-order valence-electron chi connectivity index (χ4n) is 3.19. The summed E-state index contributed by atoms with van der Waals surface area (Å²) in [7, 11) is 3.77. The average molecular weight is 275 g/mol. The van der Waals surface area contributed by atoms with E-state index in [1.54, 1.807) is 7.11 Å². The van der Waals surface area contributed by atoms with E-state index in [1.807, 2.05) is 22.8 Å². The monoisotopic (exact) mass is 275 g/mol. The molecular formula is C15H21N3O2. The molecule has 2 heterocycles. The minimum atomic E-state index is -0.0438. The van der Waals surface area contributed by atoms with Gasteiger partial charge in [0.05, 0.1) is 12.6 Å². The fourth-order valence-corrected chi connectivity index (χ4v) is 3.19. The molecule has 1 atom stereocenters. The standard InChI is InChI=1S/C15H21N3O2/c1-17-8-4-5-11(9-17)10-18-12-6-3-7-13(20-2)14(12)16-15(18)19/h3,6-7,11H,4-5,8-10H2,1-2H3,(H,16,19). The molecule has 2 aromatic rings. The van der Waals surface area contributed by atoms with Crippen LogP contribution in [0.5, 0.6) is 5.75 Å². The lowest BCUT2D eigenvalue weighted by molar-refractivity contribution is 0.194. The number of aromatic nitrogens is 2. The third kappa shape index (κ3) is 2.33. The van der Waals surface area contributed by atoms with E-state index < -0.39 is 0 Å². The summed E-state index contributed by atoms with van der Waals surface area (Å²) in [5.74, 6) is 1.26. The topological polar surface area (TPSA) is 50.3 Å². The highest BCUT2D eigenvalue weighted by Gasteiger charge is 2.20. The maximum atomic E-state index is 12.2. The van der Waals surface area contributed by atoms with Gasteiger partial charge in [0.2, 0.25) is 0 Å². The number of aromatic amines is 1. The Labute approximate surface area is 118 Å². The van der Waals surface area contributed by atoms with Crippen molar-refractivity contribution in [3.63, 3.8) is 0 Å². The smallest absolute Gasteiger partial charge is 0.326 e. The Morgan fingerprint density at radius 1 is 1.45 bits per heavy atom. The minimum Gasteiger partial charge on any atom is -0.494 e. The van der Waals surface area contributed by atoms with Crippen LogP contribution in [0.2, 0.25) is 0 Å². The maximum Gasteiger partial charge on any atom is 0.326 e. The number of nitrogens with zero attached hydrogens (tertiary/aromatic N) is 2. The molecule has 1 N–H and O–H groups in total. The van der Waals surface area contributed by atoms with Crippen LogP contribution in [0.4, 0.5) is 0 Å². The van der Waals surface area contributed by atoms with Gasteiger partial charge in [0, 0.05) is 13.1 Å². The van der Waals surface area contributed by atoms with E-state index in [0.717, 1.165) is 36.4 Å². The summed E-state index contributed by atoms with van der Waals surface area (Å²) in [6, 6.07) is 5.78. The SMILES string of the molecule is COc1cccc2c1[nH]c(=O)n2CC1CCCN(C)C1. The van der Waals surface area contributed by atoms with Gasteiger partial charge in [-0.25, -0.2) is 4.79 Å². The van der Waals surface area contributed by atoms with E-state index in [4.69, 9.17) is 4.74 Å². The molecule has 0 amide bonds. The molecule has 1 saturated heterocycles. The zero-order valence-electron chi connectivity index (χ0n) is 12.1. The molecule has 1 aliphatic rings. The molecule has 0 spiro atoms. The summed E-state index contributed by atoms with van der Waals surface area (Å²) in [6.07, 6.45) is 2.40. The summed E-state index contributed by atoms with van der Waals surface area (Å²) >= 11 is 0. The van der Waals surface area contributed by atoms with E-state index in [1.165, 1.54) is 12.8 Å². The Hall–Kier alpha value is -1.75. The Morgan fingerprint density at radius 3 is 3.05 bits per heavy atom. The number of piperidine rings is 1. The van der Waals surface area contributed by atoms with Crippen molar-refractivity contribution in [2.45, 2.75) is 19.4 Å². The average Bonchev–Trinajstić information content (AvgIpc) is 2.75.